The minimum absolute atomic E-state index is 0.00313. The van der Waals surface area contributed by atoms with Crippen molar-refractivity contribution in [2.24, 2.45) is 11.3 Å². The van der Waals surface area contributed by atoms with Crippen LogP contribution in [0.5, 0.6) is 0 Å². The molecule has 2 fully saturated rings. The van der Waals surface area contributed by atoms with Gasteiger partial charge >= 0.3 is 0 Å². The van der Waals surface area contributed by atoms with Gasteiger partial charge in [0, 0.05) is 40.4 Å². The van der Waals surface area contributed by atoms with E-state index in [0.717, 1.165) is 0 Å². The number of nitrogens with zero attached hydrogens (tertiary/aromatic N) is 5. The molecule has 3 heterocycles. The third-order valence-electron chi connectivity index (χ3n) is 5.70. The van der Waals surface area contributed by atoms with E-state index in [-0.39, 0.29) is 18.6 Å². The fourth-order valence-corrected chi connectivity index (χ4v) is 4.74. The highest BCUT2D eigenvalue weighted by Crippen LogP contribution is 2.67. The Bertz CT molecular complexity index is 976. The van der Waals surface area contributed by atoms with Crippen LogP contribution < -0.4 is 5.43 Å². The molecule has 136 valence electrons. The van der Waals surface area contributed by atoms with Crippen LogP contribution in [0.4, 0.5) is 5.82 Å². The van der Waals surface area contributed by atoms with Crippen molar-refractivity contribution in [3.8, 4) is 0 Å². The van der Waals surface area contributed by atoms with Crippen molar-refractivity contribution >= 4 is 39.6 Å². The summed E-state index contributed by atoms with van der Waals surface area (Å²) in [7, 11) is 0. The summed E-state index contributed by atoms with van der Waals surface area (Å²) in [6.45, 7) is -0.133. The highest BCUT2D eigenvalue weighted by Gasteiger charge is 2.71. The smallest absolute Gasteiger partial charge is 0.194 e. The molecule has 5 rings (SSSR count). The Balaban J connectivity index is 1.59. The quantitative estimate of drug-likeness (QED) is 0.323. The Morgan fingerprint density at radius 1 is 1.27 bits per heavy atom. The second-order valence-corrected chi connectivity index (χ2v) is 7.96. The number of aliphatic hydroxyl groups excluding tert-OH is 3. The van der Waals surface area contributed by atoms with E-state index in [4.69, 9.17) is 0 Å². The number of rotatable bonds is 4. The van der Waals surface area contributed by atoms with E-state index in [1.54, 1.807) is 11.0 Å². The van der Waals surface area contributed by atoms with Crippen LogP contribution in [0.15, 0.2) is 30.9 Å². The summed E-state index contributed by atoms with van der Waals surface area (Å²) >= 11 is 2.04. The van der Waals surface area contributed by atoms with Gasteiger partial charge in [0.25, 0.3) is 0 Å². The zero-order valence-electron chi connectivity index (χ0n) is 13.6. The van der Waals surface area contributed by atoms with Gasteiger partial charge in [-0.25, -0.2) is 15.0 Å². The molecule has 0 amide bonds. The van der Waals surface area contributed by atoms with Crippen molar-refractivity contribution in [1.82, 2.24) is 24.2 Å². The number of aliphatic hydroxyl groups is 3. The maximum absolute atomic E-state index is 10.6. The van der Waals surface area contributed by atoms with Gasteiger partial charge in [-0.1, -0.05) is 0 Å². The lowest BCUT2D eigenvalue weighted by atomic mass is 10.0. The Morgan fingerprint density at radius 3 is 2.73 bits per heavy atom. The second kappa shape index (κ2) is 5.62. The molecule has 26 heavy (non-hydrogen) atoms. The predicted molar refractivity (Wildman–Crippen MR) is 100 cm³/mol. The van der Waals surface area contributed by atoms with Gasteiger partial charge in [0.1, 0.15) is 6.10 Å². The van der Waals surface area contributed by atoms with Crippen molar-refractivity contribution < 1.29 is 15.3 Å². The topological polar surface area (TPSA) is 121 Å². The van der Waals surface area contributed by atoms with Gasteiger partial charge in [0.15, 0.2) is 20.8 Å². The molecule has 2 aliphatic rings. The minimum atomic E-state index is -0.966. The largest absolute Gasteiger partial charge is 0.396 e. The number of imidazole rings is 1. The van der Waals surface area contributed by atoms with E-state index >= 15 is 0 Å². The third-order valence-corrected chi connectivity index (χ3v) is 6.18. The zero-order valence-corrected chi connectivity index (χ0v) is 15.7. The molecule has 3 aromatic rings. The van der Waals surface area contributed by atoms with Gasteiger partial charge in [0.05, 0.1) is 25.1 Å². The van der Waals surface area contributed by atoms with E-state index in [0.29, 0.717) is 27.2 Å². The summed E-state index contributed by atoms with van der Waals surface area (Å²) in [5.74, 6) is 0.565. The maximum Gasteiger partial charge on any atom is 0.194 e. The lowest BCUT2D eigenvalue weighted by Crippen LogP contribution is -2.35. The molecule has 0 unspecified atom stereocenters. The second-order valence-electron chi connectivity index (χ2n) is 7.00. The summed E-state index contributed by atoms with van der Waals surface area (Å²) in [6, 6.07) is 3.42. The first-order chi connectivity index (χ1) is 12.5. The molecule has 0 saturated heterocycles. The van der Waals surface area contributed by atoms with Crippen LogP contribution in [0.1, 0.15) is 12.5 Å². The molecule has 4 N–H and O–H groups in total. The molecular weight excluding hydrogens is 451 g/mol. The van der Waals surface area contributed by atoms with Gasteiger partial charge in [0.2, 0.25) is 0 Å². The van der Waals surface area contributed by atoms with Crippen molar-refractivity contribution in [2.75, 3.05) is 12.0 Å². The van der Waals surface area contributed by atoms with Gasteiger partial charge in [-0.05, 0) is 24.5 Å². The number of anilines is 1. The van der Waals surface area contributed by atoms with Crippen molar-refractivity contribution in [3.63, 3.8) is 0 Å². The van der Waals surface area contributed by atoms with Crippen LogP contribution in [0.3, 0.4) is 0 Å². The monoisotopic (exact) mass is 468 g/mol. The van der Waals surface area contributed by atoms with Crippen LogP contribution in [0.25, 0.3) is 11.2 Å². The van der Waals surface area contributed by atoms with Crippen molar-refractivity contribution in [1.29, 1.82) is 0 Å². The molecule has 0 aliphatic heterocycles. The molecule has 3 aromatic heterocycles. The number of hydrogen-bond donors (Lipinski definition) is 4. The number of nitrogens with one attached hydrogen (secondary N) is 1. The minimum Gasteiger partial charge on any atom is -0.396 e. The normalized spacial score (nSPS) is 32.8. The Morgan fingerprint density at radius 2 is 2.04 bits per heavy atom. The fourth-order valence-electron chi connectivity index (χ4n) is 4.27. The number of fused-ring (bicyclic) bond motifs is 2. The van der Waals surface area contributed by atoms with Gasteiger partial charge in [-0.15, -0.1) is 0 Å². The van der Waals surface area contributed by atoms with E-state index < -0.39 is 17.6 Å². The summed E-state index contributed by atoms with van der Waals surface area (Å²) in [5, 5.41) is 30.6. The van der Waals surface area contributed by atoms with Crippen LogP contribution in [-0.2, 0) is 0 Å². The molecule has 0 spiro atoms. The van der Waals surface area contributed by atoms with Crippen LogP contribution in [0.2, 0.25) is 0 Å². The fraction of sp³-hybridized carbons (Fsp3) is 0.438. The zero-order chi connectivity index (χ0) is 18.1. The van der Waals surface area contributed by atoms with Crippen molar-refractivity contribution in [3.05, 3.63) is 34.7 Å². The SMILES string of the molecule is OC[C@@]12C[C@@H]1[C@@H](n1cnc3c(Nn4cccc4)nc(I)nc31)[C@H](O)[C@@H]2O. The van der Waals surface area contributed by atoms with Crippen molar-refractivity contribution in [2.45, 2.75) is 24.7 Å². The molecule has 0 bridgehead atoms. The molecular formula is C16H17IN6O3. The van der Waals surface area contributed by atoms with E-state index in [1.807, 2.05) is 51.7 Å². The highest BCUT2D eigenvalue weighted by molar-refractivity contribution is 14.1. The van der Waals surface area contributed by atoms with Crippen LogP contribution >= 0.6 is 22.6 Å². The molecule has 2 saturated carbocycles. The summed E-state index contributed by atoms with van der Waals surface area (Å²) in [4.78, 5) is 13.4. The Kier molecular flexibility index (Phi) is 3.55. The number of aromatic nitrogens is 5. The molecule has 10 heteroatoms. The van der Waals surface area contributed by atoms with Gasteiger partial charge in [-0.3, -0.25) is 10.1 Å². The highest BCUT2D eigenvalue weighted by atomic mass is 127. The van der Waals surface area contributed by atoms with Crippen LogP contribution in [0, 0.1) is 15.2 Å². The number of hydrogen-bond acceptors (Lipinski definition) is 7. The molecule has 2 aliphatic carbocycles. The first-order valence-corrected chi connectivity index (χ1v) is 9.40. The maximum atomic E-state index is 10.6. The van der Waals surface area contributed by atoms with E-state index in [1.165, 1.54) is 0 Å². The number of halogens is 1. The molecule has 5 atom stereocenters. The lowest BCUT2D eigenvalue weighted by Gasteiger charge is -2.23. The molecule has 0 aromatic carbocycles. The standard InChI is InChI=1S/C16H17IN6O3/c17-15-19-13(21-22-3-1-2-4-22)9-14(20-15)23(7-18-9)10-8-5-16(8,6-24)12(26)11(10)25/h1-4,7-8,10-12,24-26H,5-6H2,(H,19,20,21)/t8-,10-,11+,12+,16+/m1/s1. The predicted octanol–water partition coefficient (Wildman–Crippen LogP) is 0.383. The average molecular weight is 468 g/mol. The lowest BCUT2D eigenvalue weighted by molar-refractivity contribution is -0.0300. The van der Waals surface area contributed by atoms with E-state index in [9.17, 15) is 15.3 Å². The van der Waals surface area contributed by atoms with E-state index in [2.05, 4.69) is 20.4 Å². The Hall–Kier alpha value is -1.76. The van der Waals surface area contributed by atoms with Crippen LogP contribution in [-0.4, -0.2) is 58.3 Å². The Labute approximate surface area is 161 Å². The summed E-state index contributed by atoms with van der Waals surface area (Å²) < 4.78 is 4.12. The summed E-state index contributed by atoms with van der Waals surface area (Å²) in [5.41, 5.74) is 3.74. The molecule has 0 radical (unpaired) electrons. The van der Waals surface area contributed by atoms with Gasteiger partial charge in [-0.2, -0.15) is 0 Å². The first kappa shape index (κ1) is 16.4. The average Bonchev–Trinajstić information content (AvgIpc) is 2.91. The summed E-state index contributed by atoms with van der Waals surface area (Å²) in [6.07, 6.45) is 4.11. The molecule has 9 nitrogen and oxygen atoms in total. The third kappa shape index (κ3) is 2.15. The van der Waals surface area contributed by atoms with Gasteiger partial charge < -0.3 is 19.9 Å². The first-order valence-electron chi connectivity index (χ1n) is 8.32.